The van der Waals surface area contributed by atoms with Gasteiger partial charge < -0.3 is 4.43 Å². The first kappa shape index (κ1) is 20.3. The van der Waals surface area contributed by atoms with Gasteiger partial charge in [-0.25, -0.2) is 0 Å². The van der Waals surface area contributed by atoms with Gasteiger partial charge in [-0.05, 0) is 50.2 Å². The van der Waals surface area contributed by atoms with Crippen molar-refractivity contribution in [1.29, 1.82) is 0 Å². The molecule has 0 aliphatic carbocycles. The van der Waals surface area contributed by atoms with E-state index in [4.69, 9.17) is 4.43 Å². The van der Waals surface area contributed by atoms with E-state index in [9.17, 15) is 0 Å². The number of benzene rings is 3. The third-order valence-electron chi connectivity index (χ3n) is 3.88. The van der Waals surface area contributed by atoms with Crippen molar-refractivity contribution in [3.63, 3.8) is 0 Å². The molecule has 0 spiro atoms. The Morgan fingerprint density at radius 2 is 0.862 bits per heavy atom. The highest BCUT2D eigenvalue weighted by Gasteiger charge is 2.32. The first-order chi connectivity index (χ1) is 14.2. The summed E-state index contributed by atoms with van der Waals surface area (Å²) in [4.78, 5) is 0. The molecule has 1 nitrogen and oxygen atoms in total. The number of rotatable bonds is 2. The Labute approximate surface area is 174 Å². The highest BCUT2D eigenvalue weighted by atomic mass is 28.4. The number of hydrogen-bond acceptors (Lipinski definition) is 1. The van der Waals surface area contributed by atoms with Crippen LogP contribution in [0.3, 0.4) is 0 Å². The zero-order chi connectivity index (χ0) is 20.4. The topological polar surface area (TPSA) is 9.23 Å². The van der Waals surface area contributed by atoms with Gasteiger partial charge in [0.05, 0.1) is 0 Å². The van der Waals surface area contributed by atoms with Crippen LogP contribution >= 0.6 is 0 Å². The first-order valence-electron chi connectivity index (χ1n) is 9.58. The molecule has 0 saturated carbocycles. The first-order valence-corrected chi connectivity index (χ1v) is 11.5. The van der Waals surface area contributed by atoms with Gasteiger partial charge >= 0.3 is 8.32 Å². The second-order valence-corrected chi connectivity index (χ2v) is 9.04. The molecule has 29 heavy (non-hydrogen) atoms. The molecule has 2 heteroatoms. The largest absolute Gasteiger partial charge is 0.438 e. The van der Waals surface area contributed by atoms with Crippen molar-refractivity contribution in [3.05, 3.63) is 108 Å². The van der Waals surface area contributed by atoms with Crippen LogP contribution in [0.4, 0.5) is 0 Å². The molecule has 0 aromatic heterocycles. The predicted molar refractivity (Wildman–Crippen MR) is 122 cm³/mol. The van der Waals surface area contributed by atoms with Crippen LogP contribution in [0.5, 0.6) is 0 Å². The molecule has 0 bridgehead atoms. The molecular formula is C27H22OSi. The third-order valence-corrected chi connectivity index (χ3v) is 6.14. The van der Waals surface area contributed by atoms with Gasteiger partial charge in [-0.1, -0.05) is 89.0 Å². The molecule has 0 fully saturated rings. The van der Waals surface area contributed by atoms with E-state index in [-0.39, 0.29) is 6.10 Å². The lowest BCUT2D eigenvalue weighted by molar-refractivity contribution is 0.246. The zero-order valence-electron chi connectivity index (χ0n) is 16.6. The van der Waals surface area contributed by atoms with Crippen LogP contribution in [-0.4, -0.2) is 14.4 Å². The fraction of sp³-hybridized carbons (Fsp3) is 0.111. The van der Waals surface area contributed by atoms with E-state index in [1.165, 1.54) is 0 Å². The minimum Gasteiger partial charge on any atom is -0.385 e. The van der Waals surface area contributed by atoms with Crippen molar-refractivity contribution in [2.45, 2.75) is 20.0 Å². The van der Waals surface area contributed by atoms with Gasteiger partial charge in [0.2, 0.25) is 0 Å². The van der Waals surface area contributed by atoms with E-state index in [1.54, 1.807) is 0 Å². The second kappa shape index (κ2) is 10.2. The van der Waals surface area contributed by atoms with Gasteiger partial charge in [0, 0.05) is 22.8 Å². The van der Waals surface area contributed by atoms with Crippen LogP contribution in [0.25, 0.3) is 0 Å². The predicted octanol–water partition coefficient (Wildman–Crippen LogP) is 5.13. The molecule has 3 aromatic carbocycles. The molecule has 140 valence electrons. The summed E-state index contributed by atoms with van der Waals surface area (Å²) < 4.78 is 6.32. The van der Waals surface area contributed by atoms with Crippen LogP contribution in [-0.2, 0) is 4.43 Å². The third kappa shape index (κ3) is 6.56. The van der Waals surface area contributed by atoms with Crippen molar-refractivity contribution in [2.24, 2.45) is 0 Å². The molecule has 0 radical (unpaired) electrons. The maximum Gasteiger partial charge on any atom is 0.438 e. The molecular weight excluding hydrogens is 368 g/mol. The molecule has 0 N–H and O–H groups in total. The Kier molecular flexibility index (Phi) is 7.10. The SMILES string of the molecule is CC(C)O[Si](C#Cc1ccccc1)(C#Cc1ccccc1)C#Cc1ccccc1. The number of hydrogen-bond donors (Lipinski definition) is 0. The Balaban J connectivity index is 2.10. The molecule has 0 unspecified atom stereocenters. The van der Waals surface area contributed by atoms with E-state index >= 15 is 0 Å². The summed E-state index contributed by atoms with van der Waals surface area (Å²) in [5.41, 5.74) is 12.8. The van der Waals surface area contributed by atoms with Gasteiger partial charge in [0.15, 0.2) is 0 Å². The lowest BCUT2D eigenvalue weighted by Gasteiger charge is -2.17. The Hall–Kier alpha value is -3.48. The van der Waals surface area contributed by atoms with Crippen molar-refractivity contribution in [3.8, 4) is 34.4 Å². The lowest BCUT2D eigenvalue weighted by atomic mass is 10.2. The highest BCUT2D eigenvalue weighted by Crippen LogP contribution is 2.09. The summed E-state index contributed by atoms with van der Waals surface area (Å²) in [6, 6.07) is 29.7. The average Bonchev–Trinajstić information content (AvgIpc) is 2.76. The lowest BCUT2D eigenvalue weighted by Crippen LogP contribution is -2.38. The molecule has 0 saturated heterocycles. The Bertz CT molecular complexity index is 961. The van der Waals surface area contributed by atoms with E-state index in [0.717, 1.165) is 16.7 Å². The maximum atomic E-state index is 6.32. The van der Waals surface area contributed by atoms with E-state index in [0.29, 0.717) is 0 Å². The standard InChI is InChI=1S/C27H22OSi/c1-24(2)28-29(21-18-25-12-6-3-7-13-25,22-19-26-14-8-4-9-15-26)23-20-27-16-10-5-11-17-27/h3-17,24H,1-2H3. The monoisotopic (exact) mass is 390 g/mol. The Morgan fingerprint density at radius 3 is 1.14 bits per heavy atom. The van der Waals surface area contributed by atoms with Gasteiger partial charge in [-0.3, -0.25) is 0 Å². The van der Waals surface area contributed by atoms with Crippen molar-refractivity contribution in [1.82, 2.24) is 0 Å². The second-order valence-electron chi connectivity index (χ2n) is 6.70. The van der Waals surface area contributed by atoms with Gasteiger partial charge in [-0.2, -0.15) is 0 Å². The molecule has 0 amide bonds. The Morgan fingerprint density at radius 1 is 0.552 bits per heavy atom. The van der Waals surface area contributed by atoms with E-state index < -0.39 is 8.32 Å². The zero-order valence-corrected chi connectivity index (χ0v) is 17.6. The normalized spacial score (nSPS) is 10.0. The average molecular weight is 391 g/mol. The molecule has 0 aliphatic heterocycles. The van der Waals surface area contributed by atoms with E-state index in [1.807, 2.05) is 105 Å². The molecule has 0 heterocycles. The highest BCUT2D eigenvalue weighted by molar-refractivity contribution is 6.95. The van der Waals surface area contributed by atoms with E-state index in [2.05, 4.69) is 34.4 Å². The quantitative estimate of drug-likeness (QED) is 0.435. The van der Waals surface area contributed by atoms with Crippen LogP contribution in [0, 0.1) is 34.4 Å². The van der Waals surface area contributed by atoms with Crippen molar-refractivity contribution < 1.29 is 4.43 Å². The van der Waals surface area contributed by atoms with Crippen LogP contribution in [0.2, 0.25) is 0 Å². The maximum absolute atomic E-state index is 6.32. The van der Waals surface area contributed by atoms with Crippen LogP contribution in [0.1, 0.15) is 30.5 Å². The summed E-state index contributed by atoms with van der Waals surface area (Å²) in [5, 5.41) is 0. The summed E-state index contributed by atoms with van der Waals surface area (Å²) in [6.07, 6.45) is -0.0260. The smallest absolute Gasteiger partial charge is 0.385 e. The minimum absolute atomic E-state index is 0.0260. The van der Waals surface area contributed by atoms with Crippen molar-refractivity contribution >= 4 is 8.32 Å². The van der Waals surface area contributed by atoms with Crippen LogP contribution in [0.15, 0.2) is 91.0 Å². The fourth-order valence-electron chi connectivity index (χ4n) is 2.58. The molecule has 0 atom stereocenters. The summed E-state index contributed by atoms with van der Waals surface area (Å²) in [5.74, 6) is 9.74. The molecule has 3 rings (SSSR count). The van der Waals surface area contributed by atoms with Gasteiger partial charge in [0.25, 0.3) is 0 Å². The summed E-state index contributed by atoms with van der Waals surface area (Å²) in [7, 11) is -2.99. The van der Waals surface area contributed by atoms with Crippen molar-refractivity contribution in [2.75, 3.05) is 0 Å². The van der Waals surface area contributed by atoms with Crippen LogP contribution < -0.4 is 0 Å². The summed E-state index contributed by atoms with van der Waals surface area (Å²) >= 11 is 0. The van der Waals surface area contributed by atoms with Gasteiger partial charge in [-0.15, -0.1) is 0 Å². The summed E-state index contributed by atoms with van der Waals surface area (Å²) in [6.45, 7) is 4.00. The van der Waals surface area contributed by atoms with Gasteiger partial charge in [0.1, 0.15) is 0 Å². The fourth-order valence-corrected chi connectivity index (χ4v) is 4.61. The molecule has 3 aromatic rings. The minimum atomic E-state index is -2.99. The molecule has 0 aliphatic rings.